The quantitative estimate of drug-likeness (QED) is 0.794. The van der Waals surface area contributed by atoms with Crippen LogP contribution in [0.3, 0.4) is 0 Å². The fourth-order valence-corrected chi connectivity index (χ4v) is 4.68. The number of thiazole rings is 1. The highest BCUT2D eigenvalue weighted by atomic mass is 32.1. The highest BCUT2D eigenvalue weighted by Crippen LogP contribution is 2.45. The second-order valence-electron chi connectivity index (χ2n) is 6.98. The molecular formula is C17H26N2S. The van der Waals surface area contributed by atoms with E-state index in [0.29, 0.717) is 0 Å². The molecule has 0 aliphatic heterocycles. The number of nitrogens with zero attached hydrogens (tertiary/aromatic N) is 1. The van der Waals surface area contributed by atoms with Crippen molar-refractivity contribution in [3.63, 3.8) is 0 Å². The van der Waals surface area contributed by atoms with Gasteiger partial charge in [0.15, 0.2) is 0 Å². The maximum Gasteiger partial charge on any atom is 0.0962 e. The SMILES string of the molecule is C1CCCC(c2nc(C3CC3)c(CNC3CC3)s2)CC1. The maximum atomic E-state index is 5.11. The van der Waals surface area contributed by atoms with E-state index in [-0.39, 0.29) is 0 Å². The summed E-state index contributed by atoms with van der Waals surface area (Å²) in [5.41, 5.74) is 1.47. The molecule has 1 aromatic heterocycles. The molecule has 0 saturated heterocycles. The molecule has 3 fully saturated rings. The predicted octanol–water partition coefficient (Wildman–Crippen LogP) is 4.71. The van der Waals surface area contributed by atoms with Crippen LogP contribution < -0.4 is 5.32 Å². The number of rotatable bonds is 5. The van der Waals surface area contributed by atoms with Crippen molar-refractivity contribution < 1.29 is 0 Å². The molecule has 0 radical (unpaired) electrons. The Kier molecular flexibility index (Phi) is 3.82. The van der Waals surface area contributed by atoms with Crippen molar-refractivity contribution in [1.82, 2.24) is 10.3 Å². The average Bonchev–Trinajstić information content (AvgIpc) is 3.35. The van der Waals surface area contributed by atoms with Gasteiger partial charge in [-0.15, -0.1) is 11.3 Å². The van der Waals surface area contributed by atoms with Gasteiger partial charge >= 0.3 is 0 Å². The molecule has 1 N–H and O–H groups in total. The van der Waals surface area contributed by atoms with Crippen molar-refractivity contribution in [2.24, 2.45) is 0 Å². The Hall–Kier alpha value is -0.410. The third-order valence-corrected chi connectivity index (χ3v) is 6.27. The third kappa shape index (κ3) is 3.09. The van der Waals surface area contributed by atoms with Crippen LogP contribution in [0.25, 0.3) is 0 Å². The van der Waals surface area contributed by atoms with Gasteiger partial charge in [0, 0.05) is 29.3 Å². The Balaban J connectivity index is 1.51. The van der Waals surface area contributed by atoms with E-state index in [1.165, 1.54) is 74.9 Å². The fourth-order valence-electron chi connectivity index (χ4n) is 3.41. The van der Waals surface area contributed by atoms with E-state index in [4.69, 9.17) is 4.98 Å². The Bertz CT molecular complexity index is 452. The topological polar surface area (TPSA) is 24.9 Å². The normalized spacial score (nSPS) is 24.8. The van der Waals surface area contributed by atoms with E-state index in [9.17, 15) is 0 Å². The Morgan fingerprint density at radius 2 is 1.65 bits per heavy atom. The molecule has 3 aliphatic rings. The largest absolute Gasteiger partial charge is 0.309 e. The Morgan fingerprint density at radius 3 is 2.30 bits per heavy atom. The van der Waals surface area contributed by atoms with Gasteiger partial charge in [-0.05, 0) is 38.5 Å². The zero-order valence-electron chi connectivity index (χ0n) is 12.4. The summed E-state index contributed by atoms with van der Waals surface area (Å²) in [5, 5.41) is 5.17. The number of nitrogens with one attached hydrogen (secondary N) is 1. The molecule has 1 aromatic rings. The van der Waals surface area contributed by atoms with Gasteiger partial charge in [0.25, 0.3) is 0 Å². The molecule has 0 unspecified atom stereocenters. The number of hydrogen-bond acceptors (Lipinski definition) is 3. The molecule has 3 saturated carbocycles. The van der Waals surface area contributed by atoms with Crippen LogP contribution in [0.1, 0.15) is 91.6 Å². The number of aromatic nitrogens is 1. The highest BCUT2D eigenvalue weighted by molar-refractivity contribution is 7.11. The highest BCUT2D eigenvalue weighted by Gasteiger charge is 2.31. The summed E-state index contributed by atoms with van der Waals surface area (Å²) in [5.74, 6) is 1.58. The minimum Gasteiger partial charge on any atom is -0.309 e. The van der Waals surface area contributed by atoms with Gasteiger partial charge in [-0.3, -0.25) is 0 Å². The van der Waals surface area contributed by atoms with Gasteiger partial charge in [0.05, 0.1) is 10.7 Å². The summed E-state index contributed by atoms with van der Waals surface area (Å²) in [6.45, 7) is 1.08. The lowest BCUT2D eigenvalue weighted by molar-refractivity contribution is 0.587. The molecule has 20 heavy (non-hydrogen) atoms. The monoisotopic (exact) mass is 290 g/mol. The lowest BCUT2D eigenvalue weighted by atomic mass is 10.0. The minimum atomic E-state index is 0.773. The van der Waals surface area contributed by atoms with Gasteiger partial charge in [-0.1, -0.05) is 25.7 Å². The fraction of sp³-hybridized carbons (Fsp3) is 0.824. The average molecular weight is 290 g/mol. The zero-order valence-corrected chi connectivity index (χ0v) is 13.2. The van der Waals surface area contributed by atoms with Gasteiger partial charge in [0.1, 0.15) is 0 Å². The lowest BCUT2D eigenvalue weighted by Gasteiger charge is -2.09. The summed E-state index contributed by atoms with van der Waals surface area (Å²) < 4.78 is 0. The predicted molar refractivity (Wildman–Crippen MR) is 84.4 cm³/mol. The van der Waals surface area contributed by atoms with E-state index in [0.717, 1.165) is 24.4 Å². The van der Waals surface area contributed by atoms with Gasteiger partial charge in [-0.25, -0.2) is 4.98 Å². The molecule has 1 heterocycles. The van der Waals surface area contributed by atoms with Crippen LogP contribution in [0.4, 0.5) is 0 Å². The van der Waals surface area contributed by atoms with E-state index >= 15 is 0 Å². The summed E-state index contributed by atoms with van der Waals surface area (Å²) in [7, 11) is 0. The molecule has 0 amide bonds. The zero-order chi connectivity index (χ0) is 13.4. The molecule has 2 nitrogen and oxygen atoms in total. The van der Waals surface area contributed by atoms with Crippen LogP contribution in [0.5, 0.6) is 0 Å². The summed E-state index contributed by atoms with van der Waals surface area (Å²) in [4.78, 5) is 6.68. The number of hydrogen-bond donors (Lipinski definition) is 1. The van der Waals surface area contributed by atoms with Gasteiger partial charge in [0.2, 0.25) is 0 Å². The van der Waals surface area contributed by atoms with Gasteiger partial charge < -0.3 is 5.32 Å². The maximum absolute atomic E-state index is 5.11. The van der Waals surface area contributed by atoms with E-state index in [1.807, 2.05) is 11.3 Å². The van der Waals surface area contributed by atoms with Crippen LogP contribution >= 0.6 is 11.3 Å². The molecule has 0 bridgehead atoms. The summed E-state index contributed by atoms with van der Waals surface area (Å²) >= 11 is 2.04. The van der Waals surface area contributed by atoms with E-state index < -0.39 is 0 Å². The van der Waals surface area contributed by atoms with Crippen LogP contribution in [0.15, 0.2) is 0 Å². The first-order chi connectivity index (χ1) is 9.90. The van der Waals surface area contributed by atoms with Crippen molar-refractivity contribution in [2.45, 2.75) is 88.6 Å². The van der Waals surface area contributed by atoms with Crippen LogP contribution in [-0.4, -0.2) is 11.0 Å². The molecule has 110 valence electrons. The summed E-state index contributed by atoms with van der Waals surface area (Å²) in [6.07, 6.45) is 14.0. The van der Waals surface area contributed by atoms with Crippen molar-refractivity contribution in [2.75, 3.05) is 0 Å². The van der Waals surface area contributed by atoms with Crippen molar-refractivity contribution in [3.05, 3.63) is 15.6 Å². The second-order valence-corrected chi connectivity index (χ2v) is 8.09. The molecule has 0 aromatic carbocycles. The lowest BCUT2D eigenvalue weighted by Crippen LogP contribution is -2.15. The van der Waals surface area contributed by atoms with Crippen LogP contribution in [0.2, 0.25) is 0 Å². The second kappa shape index (κ2) is 5.76. The standard InChI is InChI=1S/C17H26N2S/c1-2-4-6-13(5-3-1)17-19-16(12-7-8-12)15(20-17)11-18-14-9-10-14/h12-14,18H,1-11H2. The molecule has 4 rings (SSSR count). The summed E-state index contributed by atoms with van der Waals surface area (Å²) in [6, 6.07) is 0.811. The Labute approximate surface area is 126 Å². The van der Waals surface area contributed by atoms with Crippen LogP contribution in [-0.2, 0) is 6.54 Å². The van der Waals surface area contributed by atoms with E-state index in [1.54, 1.807) is 4.88 Å². The first-order valence-corrected chi connectivity index (χ1v) is 9.44. The first kappa shape index (κ1) is 13.3. The molecule has 3 heteroatoms. The third-order valence-electron chi connectivity index (χ3n) is 5.04. The van der Waals surface area contributed by atoms with Crippen molar-refractivity contribution in [3.8, 4) is 0 Å². The van der Waals surface area contributed by atoms with Crippen molar-refractivity contribution >= 4 is 11.3 Å². The first-order valence-electron chi connectivity index (χ1n) is 8.63. The van der Waals surface area contributed by atoms with Crippen LogP contribution in [0, 0.1) is 0 Å². The molecular weight excluding hydrogens is 264 g/mol. The van der Waals surface area contributed by atoms with Crippen molar-refractivity contribution in [1.29, 1.82) is 0 Å². The minimum absolute atomic E-state index is 0.773. The van der Waals surface area contributed by atoms with E-state index in [2.05, 4.69) is 5.32 Å². The molecule has 3 aliphatic carbocycles. The molecule has 0 spiro atoms. The van der Waals surface area contributed by atoms with Gasteiger partial charge in [-0.2, -0.15) is 0 Å². The molecule has 0 atom stereocenters. The smallest absolute Gasteiger partial charge is 0.0962 e. The Morgan fingerprint density at radius 1 is 0.900 bits per heavy atom.